The number of aromatic nitrogens is 5. The van der Waals surface area contributed by atoms with Crippen LogP contribution >= 0.6 is 0 Å². The zero-order valence-electron chi connectivity index (χ0n) is 23.6. The van der Waals surface area contributed by atoms with Crippen molar-refractivity contribution in [1.82, 2.24) is 24.1 Å². The molecule has 0 aliphatic heterocycles. The van der Waals surface area contributed by atoms with E-state index >= 15 is 0 Å². The molecule has 0 N–H and O–H groups in total. The fourth-order valence-electron chi connectivity index (χ4n) is 5.82. The zero-order valence-corrected chi connectivity index (χ0v) is 25.8. The van der Waals surface area contributed by atoms with E-state index in [9.17, 15) is 0 Å². The van der Waals surface area contributed by atoms with Crippen molar-refractivity contribution in [3.63, 3.8) is 0 Å². The zero-order chi connectivity index (χ0) is 29.2. The maximum atomic E-state index is 4.29. The van der Waals surface area contributed by atoms with E-state index in [4.69, 9.17) is 0 Å². The summed E-state index contributed by atoms with van der Waals surface area (Å²) in [5, 5.41) is 8.35. The quantitative estimate of drug-likeness (QED) is 0.208. The van der Waals surface area contributed by atoms with Crippen molar-refractivity contribution in [1.29, 1.82) is 0 Å². The Kier molecular flexibility index (Phi) is 7.44. The van der Waals surface area contributed by atoms with E-state index in [2.05, 4.69) is 186 Å². The molecule has 210 valence electrons. The number of rotatable bonds is 7. The van der Waals surface area contributed by atoms with Crippen molar-refractivity contribution in [3.8, 4) is 33.6 Å². The Morgan fingerprint density at radius 2 is 1.19 bits per heavy atom. The Morgan fingerprint density at radius 1 is 0.605 bits per heavy atom. The first-order chi connectivity index (χ1) is 21.2. The molecule has 2 heterocycles. The van der Waals surface area contributed by atoms with Gasteiger partial charge in [-0.3, -0.25) is 0 Å². The number of nitrogens with zero attached hydrogens (tertiary/aromatic N) is 5. The van der Waals surface area contributed by atoms with Gasteiger partial charge in [0, 0.05) is 0 Å². The van der Waals surface area contributed by atoms with E-state index < -0.39 is 0 Å². The van der Waals surface area contributed by atoms with E-state index in [-0.39, 0.29) is 6.71 Å². The predicted octanol–water partition coefficient (Wildman–Crippen LogP) is 5.33. The third kappa shape index (κ3) is 5.31. The van der Waals surface area contributed by atoms with Crippen LogP contribution in [0.25, 0.3) is 33.6 Å². The Balaban J connectivity index is 1.53. The van der Waals surface area contributed by atoms with Gasteiger partial charge in [-0.1, -0.05) is 0 Å². The molecule has 7 heteroatoms. The van der Waals surface area contributed by atoms with Crippen LogP contribution < -0.4 is 16.4 Å². The van der Waals surface area contributed by atoms with Crippen LogP contribution in [0.3, 0.4) is 0 Å². The molecule has 0 bridgehead atoms. The molecule has 43 heavy (non-hydrogen) atoms. The van der Waals surface area contributed by atoms with Gasteiger partial charge in [-0.25, -0.2) is 0 Å². The minimum atomic E-state index is -0.0720. The SMILES string of the molecule is Cn1ccn(-c2cccc(B(c3cccc(-n4ccnn4)c3)c3c(-c4ccccc4)cccc3-c3ccccc3)c2)[c]1=[Pt]. The van der Waals surface area contributed by atoms with Crippen molar-refractivity contribution < 1.29 is 19.4 Å². The van der Waals surface area contributed by atoms with E-state index in [1.54, 1.807) is 6.20 Å². The third-order valence-corrected chi connectivity index (χ3v) is 9.18. The molecule has 0 atom stereocenters. The monoisotopic (exact) mass is 736 g/mol. The fourth-order valence-corrected chi connectivity index (χ4v) is 6.45. The van der Waals surface area contributed by atoms with Crippen molar-refractivity contribution in [3.05, 3.63) is 156 Å². The second-order valence-corrected chi connectivity index (χ2v) is 11.5. The van der Waals surface area contributed by atoms with Gasteiger partial charge in [0.05, 0.1) is 0 Å². The molecule has 0 amide bonds. The summed E-state index contributed by atoms with van der Waals surface area (Å²) in [6, 6.07) is 45.7. The standard InChI is InChI=1S/C36H28BN5.Pt/c1-40-23-24-41(27-40)32-17-8-15-30(25-32)37(31-16-9-18-33(26-31)42-22-21-38-39-42)36-34(28-11-4-2-5-12-28)19-10-20-35(36)29-13-6-3-7-14-29;/h2-26H,1H3;. The Labute approximate surface area is 262 Å². The normalized spacial score (nSPS) is 11.0. The van der Waals surface area contributed by atoms with Gasteiger partial charge in [-0.2, -0.15) is 0 Å². The van der Waals surface area contributed by atoms with Gasteiger partial charge >= 0.3 is 263 Å². The number of benzene rings is 5. The molecule has 0 saturated heterocycles. The molecule has 0 aliphatic carbocycles. The Hall–Kier alpha value is -4.80. The summed E-state index contributed by atoms with van der Waals surface area (Å²) in [5.41, 5.74) is 10.6. The molecule has 0 fully saturated rings. The molecule has 2 aromatic heterocycles. The molecule has 0 unspecified atom stereocenters. The van der Waals surface area contributed by atoms with Crippen molar-refractivity contribution in [2.75, 3.05) is 0 Å². The van der Waals surface area contributed by atoms with Gasteiger partial charge in [0.15, 0.2) is 0 Å². The van der Waals surface area contributed by atoms with E-state index in [0.29, 0.717) is 0 Å². The minimum absolute atomic E-state index is 0.0720. The van der Waals surface area contributed by atoms with Gasteiger partial charge in [0.1, 0.15) is 0 Å². The maximum absolute atomic E-state index is 4.29. The van der Waals surface area contributed by atoms with Crippen LogP contribution in [0.5, 0.6) is 0 Å². The number of imidazole rings is 1. The molecule has 0 aliphatic rings. The second-order valence-electron chi connectivity index (χ2n) is 10.5. The molecule has 0 spiro atoms. The number of hydrogen-bond acceptors (Lipinski definition) is 2. The second kappa shape index (κ2) is 11.8. The summed E-state index contributed by atoms with van der Waals surface area (Å²) >= 11 is 2.38. The summed E-state index contributed by atoms with van der Waals surface area (Å²) in [4.78, 5) is 0. The molecule has 7 rings (SSSR count). The van der Waals surface area contributed by atoms with Crippen LogP contribution in [0, 0.1) is 3.80 Å². The number of aryl methyl sites for hydroxylation is 1. The van der Waals surface area contributed by atoms with Gasteiger partial charge in [0.2, 0.25) is 0 Å². The Morgan fingerprint density at radius 3 is 1.74 bits per heavy atom. The first-order valence-electron chi connectivity index (χ1n) is 14.2. The number of hydrogen-bond donors (Lipinski definition) is 0. The van der Waals surface area contributed by atoms with Crippen LogP contribution in [0.2, 0.25) is 0 Å². The summed E-state index contributed by atoms with van der Waals surface area (Å²) in [6.07, 6.45) is 7.81. The topological polar surface area (TPSA) is 40.6 Å². The van der Waals surface area contributed by atoms with Crippen molar-refractivity contribution >= 4 is 23.1 Å². The van der Waals surface area contributed by atoms with Gasteiger partial charge in [-0.15, -0.1) is 0 Å². The predicted molar refractivity (Wildman–Crippen MR) is 171 cm³/mol. The molecule has 5 aromatic carbocycles. The van der Waals surface area contributed by atoms with E-state index in [1.807, 2.05) is 10.9 Å². The molecular formula is C36H28BN5Pt. The first kappa shape index (κ1) is 27.1. The molecule has 5 nitrogen and oxygen atoms in total. The first-order valence-corrected chi connectivity index (χ1v) is 15.3. The molecule has 0 radical (unpaired) electrons. The molecule has 7 aromatic rings. The van der Waals surface area contributed by atoms with Gasteiger partial charge < -0.3 is 0 Å². The fraction of sp³-hybridized carbons (Fsp3) is 0.0278. The Bertz CT molecular complexity index is 2010. The van der Waals surface area contributed by atoms with Crippen LogP contribution in [-0.4, -0.2) is 30.8 Å². The molecular weight excluding hydrogens is 708 g/mol. The van der Waals surface area contributed by atoms with E-state index in [1.165, 1.54) is 38.6 Å². The summed E-state index contributed by atoms with van der Waals surface area (Å²) in [6.45, 7) is -0.0720. The molecule has 0 saturated carbocycles. The van der Waals surface area contributed by atoms with E-state index in [0.717, 1.165) is 15.2 Å². The van der Waals surface area contributed by atoms with Crippen LogP contribution in [0.1, 0.15) is 0 Å². The van der Waals surface area contributed by atoms with Crippen LogP contribution in [0.15, 0.2) is 152 Å². The van der Waals surface area contributed by atoms with Gasteiger partial charge in [-0.05, 0) is 0 Å². The average molecular weight is 737 g/mol. The third-order valence-electron chi connectivity index (χ3n) is 7.83. The summed E-state index contributed by atoms with van der Waals surface area (Å²) < 4.78 is 7.32. The average Bonchev–Trinajstić information content (AvgIpc) is 3.73. The van der Waals surface area contributed by atoms with Crippen LogP contribution in [0.4, 0.5) is 0 Å². The summed E-state index contributed by atoms with van der Waals surface area (Å²) in [5.74, 6) is 0. The summed E-state index contributed by atoms with van der Waals surface area (Å²) in [7, 11) is 2.07. The van der Waals surface area contributed by atoms with Crippen molar-refractivity contribution in [2.45, 2.75) is 0 Å². The van der Waals surface area contributed by atoms with Crippen LogP contribution in [-0.2, 0) is 26.4 Å². The van der Waals surface area contributed by atoms with Gasteiger partial charge in [0.25, 0.3) is 0 Å². The van der Waals surface area contributed by atoms with Crippen molar-refractivity contribution in [2.24, 2.45) is 7.05 Å².